The Morgan fingerprint density at radius 2 is 1.84 bits per heavy atom. The van der Waals surface area contributed by atoms with E-state index < -0.39 is 23.6 Å². The summed E-state index contributed by atoms with van der Waals surface area (Å²) in [6.45, 7) is 1.67. The van der Waals surface area contributed by atoms with Crippen LogP contribution in [0.4, 0.5) is 10.1 Å². The number of nitrogens with one attached hydrogen (secondary N) is 1. The maximum absolute atomic E-state index is 13.3. The lowest BCUT2D eigenvalue weighted by atomic mass is 10.0. The number of hydrogen-bond acceptors (Lipinski definition) is 5. The summed E-state index contributed by atoms with van der Waals surface area (Å²) in [5.74, 6) is -2.32. The van der Waals surface area contributed by atoms with Gasteiger partial charge >= 0.3 is 5.97 Å². The summed E-state index contributed by atoms with van der Waals surface area (Å²) in [5, 5.41) is 11.6. The van der Waals surface area contributed by atoms with E-state index in [4.69, 9.17) is 16.6 Å². The van der Waals surface area contributed by atoms with Crippen LogP contribution in [0.2, 0.25) is 0 Å². The van der Waals surface area contributed by atoms with Gasteiger partial charge in [0, 0.05) is 5.56 Å². The van der Waals surface area contributed by atoms with Crippen LogP contribution in [0.25, 0.3) is 17.4 Å². The van der Waals surface area contributed by atoms with Gasteiger partial charge in [-0.25, -0.2) is 9.18 Å². The number of aromatic carboxylic acids is 1. The molecular formula is C23H15FN2O5S. The molecular weight excluding hydrogens is 435 g/mol. The number of benzene rings is 2. The zero-order valence-corrected chi connectivity index (χ0v) is 17.4. The number of nitrogens with zero attached hydrogens (tertiary/aromatic N) is 1. The van der Waals surface area contributed by atoms with Crippen molar-refractivity contribution in [2.24, 2.45) is 0 Å². The SMILES string of the molecule is Cc1c(C(=O)O)cccc1-c1ccc(/C=C2/C(=O)NC(=S)N(c3ccc(F)cc3)C2=O)o1. The molecule has 3 aromatic rings. The van der Waals surface area contributed by atoms with Crippen molar-refractivity contribution < 1.29 is 28.3 Å². The number of halogens is 1. The van der Waals surface area contributed by atoms with Crippen molar-refractivity contribution in [2.45, 2.75) is 6.92 Å². The third kappa shape index (κ3) is 3.81. The van der Waals surface area contributed by atoms with Crippen molar-refractivity contribution in [1.29, 1.82) is 0 Å². The molecule has 0 saturated carbocycles. The topological polar surface area (TPSA) is 99.8 Å². The molecule has 0 radical (unpaired) electrons. The predicted molar refractivity (Wildman–Crippen MR) is 118 cm³/mol. The minimum absolute atomic E-state index is 0.120. The zero-order valence-electron chi connectivity index (χ0n) is 16.6. The summed E-state index contributed by atoms with van der Waals surface area (Å²) in [7, 11) is 0. The molecule has 7 nitrogen and oxygen atoms in total. The summed E-state index contributed by atoms with van der Waals surface area (Å²) in [5.41, 5.74) is 1.31. The second kappa shape index (κ2) is 8.20. The first-order valence-electron chi connectivity index (χ1n) is 9.36. The standard InChI is InChI=1S/C23H15FN2O5S/c1-12-16(3-2-4-17(12)22(29)30)19-10-9-15(31-19)11-18-20(27)25-23(32)26(21(18)28)14-7-5-13(24)6-8-14/h2-11H,1H3,(H,29,30)(H,25,27,32)/b18-11-. The number of carbonyl (C=O) groups is 3. The molecule has 2 heterocycles. The number of thiocarbonyl (C=S) groups is 1. The molecule has 2 amide bonds. The van der Waals surface area contributed by atoms with Gasteiger partial charge in [0.05, 0.1) is 11.3 Å². The quantitative estimate of drug-likeness (QED) is 0.355. The van der Waals surface area contributed by atoms with Gasteiger partial charge in [-0.3, -0.25) is 19.8 Å². The van der Waals surface area contributed by atoms with Crippen molar-refractivity contribution in [1.82, 2.24) is 5.32 Å². The molecule has 160 valence electrons. The van der Waals surface area contributed by atoms with E-state index in [2.05, 4.69) is 5.32 Å². The molecule has 2 N–H and O–H groups in total. The second-order valence-electron chi connectivity index (χ2n) is 6.92. The maximum atomic E-state index is 13.3. The predicted octanol–water partition coefficient (Wildman–Crippen LogP) is 3.92. The normalized spacial score (nSPS) is 15.2. The molecule has 0 unspecified atom stereocenters. The van der Waals surface area contributed by atoms with Crippen molar-refractivity contribution in [2.75, 3.05) is 4.90 Å². The van der Waals surface area contributed by atoms with Crippen LogP contribution in [0.15, 0.2) is 64.6 Å². The first-order chi connectivity index (χ1) is 15.3. The lowest BCUT2D eigenvalue weighted by Crippen LogP contribution is -2.54. The Hall–Kier alpha value is -4.11. The third-order valence-corrected chi connectivity index (χ3v) is 5.21. The minimum Gasteiger partial charge on any atom is -0.478 e. The molecule has 0 bridgehead atoms. The van der Waals surface area contributed by atoms with Crippen LogP contribution in [-0.2, 0) is 9.59 Å². The Bertz CT molecular complexity index is 1310. The summed E-state index contributed by atoms with van der Waals surface area (Å²) in [6.07, 6.45) is 1.27. The van der Waals surface area contributed by atoms with Gasteiger partial charge in [-0.2, -0.15) is 0 Å². The summed E-state index contributed by atoms with van der Waals surface area (Å²) < 4.78 is 19.0. The highest BCUT2D eigenvalue weighted by Gasteiger charge is 2.34. The highest BCUT2D eigenvalue weighted by molar-refractivity contribution is 7.80. The summed E-state index contributed by atoms with van der Waals surface area (Å²) >= 11 is 5.11. The first kappa shape index (κ1) is 21.1. The van der Waals surface area contributed by atoms with Gasteiger partial charge in [0.15, 0.2) is 5.11 Å². The molecule has 32 heavy (non-hydrogen) atoms. The molecule has 0 atom stereocenters. The van der Waals surface area contributed by atoms with Crippen LogP contribution in [-0.4, -0.2) is 28.0 Å². The van der Waals surface area contributed by atoms with E-state index in [-0.39, 0.29) is 22.0 Å². The minimum atomic E-state index is -1.06. The van der Waals surface area contributed by atoms with Crippen molar-refractivity contribution in [3.05, 3.63) is 82.9 Å². The van der Waals surface area contributed by atoms with Crippen LogP contribution in [0.3, 0.4) is 0 Å². The number of hydrogen-bond donors (Lipinski definition) is 2. The Morgan fingerprint density at radius 1 is 1.12 bits per heavy atom. The molecule has 1 aliphatic heterocycles. The molecule has 1 aromatic heterocycles. The number of amides is 2. The lowest BCUT2D eigenvalue weighted by molar-refractivity contribution is -0.122. The largest absolute Gasteiger partial charge is 0.478 e. The molecule has 0 aliphatic carbocycles. The van der Waals surface area contributed by atoms with Crippen LogP contribution in [0, 0.1) is 12.7 Å². The Balaban J connectivity index is 1.69. The Labute approximate surface area is 186 Å². The van der Waals surface area contributed by atoms with E-state index in [1.54, 1.807) is 31.2 Å². The van der Waals surface area contributed by atoms with Gasteiger partial charge in [0.2, 0.25) is 0 Å². The second-order valence-corrected chi connectivity index (χ2v) is 7.31. The average Bonchev–Trinajstić information content (AvgIpc) is 3.21. The monoisotopic (exact) mass is 450 g/mol. The molecule has 1 aliphatic rings. The van der Waals surface area contributed by atoms with Crippen molar-refractivity contribution in [3.8, 4) is 11.3 Å². The number of furan rings is 1. The molecule has 9 heteroatoms. The maximum Gasteiger partial charge on any atom is 0.335 e. The van der Waals surface area contributed by atoms with Gasteiger partial charge in [-0.1, -0.05) is 12.1 Å². The third-order valence-electron chi connectivity index (χ3n) is 4.93. The Kier molecular flexibility index (Phi) is 5.41. The molecule has 0 spiro atoms. The fourth-order valence-corrected chi connectivity index (χ4v) is 3.61. The van der Waals surface area contributed by atoms with E-state index in [1.165, 1.54) is 36.4 Å². The van der Waals surface area contributed by atoms with Gasteiger partial charge in [0.1, 0.15) is 22.9 Å². The van der Waals surface area contributed by atoms with Crippen molar-refractivity contribution >= 4 is 46.9 Å². The van der Waals surface area contributed by atoms with Gasteiger partial charge in [-0.15, -0.1) is 0 Å². The average molecular weight is 450 g/mol. The first-order valence-corrected chi connectivity index (χ1v) is 9.77. The van der Waals surface area contributed by atoms with Crippen LogP contribution >= 0.6 is 12.2 Å². The number of anilines is 1. The number of rotatable bonds is 4. The lowest BCUT2D eigenvalue weighted by Gasteiger charge is -2.28. The van der Waals surface area contributed by atoms with E-state index in [9.17, 15) is 23.9 Å². The van der Waals surface area contributed by atoms with E-state index in [0.717, 1.165) is 4.90 Å². The molecule has 1 saturated heterocycles. The Morgan fingerprint density at radius 3 is 2.53 bits per heavy atom. The van der Waals surface area contributed by atoms with Gasteiger partial charge in [-0.05, 0) is 73.2 Å². The molecule has 4 rings (SSSR count). The number of carbonyl (C=O) groups excluding carboxylic acids is 2. The summed E-state index contributed by atoms with van der Waals surface area (Å²) in [6, 6.07) is 13.1. The van der Waals surface area contributed by atoms with Gasteiger partial charge in [0.25, 0.3) is 11.8 Å². The fourth-order valence-electron chi connectivity index (χ4n) is 3.33. The molecule has 2 aromatic carbocycles. The smallest absolute Gasteiger partial charge is 0.335 e. The van der Waals surface area contributed by atoms with Crippen LogP contribution < -0.4 is 10.2 Å². The van der Waals surface area contributed by atoms with Crippen LogP contribution in [0.5, 0.6) is 0 Å². The van der Waals surface area contributed by atoms with E-state index in [1.807, 2.05) is 0 Å². The van der Waals surface area contributed by atoms with E-state index >= 15 is 0 Å². The number of carboxylic acids is 1. The summed E-state index contributed by atoms with van der Waals surface area (Å²) in [4.78, 5) is 37.9. The van der Waals surface area contributed by atoms with E-state index in [0.29, 0.717) is 22.6 Å². The van der Waals surface area contributed by atoms with Crippen LogP contribution in [0.1, 0.15) is 21.7 Å². The zero-order chi connectivity index (χ0) is 23.0. The van der Waals surface area contributed by atoms with Gasteiger partial charge < -0.3 is 9.52 Å². The number of carboxylic acid groups (broad SMARTS) is 1. The highest BCUT2D eigenvalue weighted by atomic mass is 32.1. The fraction of sp³-hybridized carbons (Fsp3) is 0.0435. The highest BCUT2D eigenvalue weighted by Crippen LogP contribution is 2.29. The molecule has 1 fully saturated rings. The van der Waals surface area contributed by atoms with Crippen molar-refractivity contribution in [3.63, 3.8) is 0 Å².